The number of nitrogens with one attached hydrogen (secondary N) is 1. The average Bonchev–Trinajstić information content (AvgIpc) is 3.41. The van der Waals surface area contributed by atoms with E-state index in [9.17, 15) is 19.8 Å². The van der Waals surface area contributed by atoms with E-state index in [2.05, 4.69) is 44.9 Å². The number of rotatable bonds is 10. The maximum absolute atomic E-state index is 14.2. The number of carboxylic acid groups (broad SMARTS) is 1. The van der Waals surface area contributed by atoms with Gasteiger partial charge in [0, 0.05) is 31.3 Å². The molecule has 4 N–H and O–H groups in total. The number of hydrogen-bond donors (Lipinski definition) is 4. The van der Waals surface area contributed by atoms with Crippen LogP contribution in [0.5, 0.6) is 0 Å². The number of hydroxylamine groups is 2. The molecule has 5 aliphatic rings. The summed E-state index contributed by atoms with van der Waals surface area (Å²) in [6, 6.07) is -0.692. The number of amides is 1. The van der Waals surface area contributed by atoms with Crippen LogP contribution in [0.2, 0.25) is 0 Å². The SMILES string of the molecule is CC(C)C1CCC2C(CC[C@H]3[C@](C)(CNC(=O)[C@H]4[C@@H](CO)[C@@H]([C@@H](C)O)ON4CC4CCCCC4C#CCCC(=O)O)CCC[C@]23C)C1. The van der Waals surface area contributed by atoms with E-state index in [0.717, 1.165) is 55.8 Å². The summed E-state index contributed by atoms with van der Waals surface area (Å²) in [5, 5.41) is 35.3. The highest BCUT2D eigenvalue weighted by molar-refractivity contribution is 5.82. The Kier molecular flexibility index (Phi) is 12.1. The largest absolute Gasteiger partial charge is 0.481 e. The van der Waals surface area contributed by atoms with Crippen molar-refractivity contribution in [3.8, 4) is 11.8 Å². The lowest BCUT2D eigenvalue weighted by atomic mass is 9.43. The van der Waals surface area contributed by atoms with Gasteiger partial charge in [-0.2, -0.15) is 5.06 Å². The molecule has 8 nitrogen and oxygen atoms in total. The Balaban J connectivity index is 1.29. The van der Waals surface area contributed by atoms with E-state index in [-0.39, 0.29) is 36.2 Å². The maximum atomic E-state index is 14.2. The van der Waals surface area contributed by atoms with Crippen LogP contribution in [0.1, 0.15) is 125 Å². The first-order valence-corrected chi connectivity index (χ1v) is 19.1. The van der Waals surface area contributed by atoms with Crippen molar-refractivity contribution < 1.29 is 29.7 Å². The molecule has 0 radical (unpaired) electrons. The average molecular weight is 657 g/mol. The predicted octanol–water partition coefficient (Wildman–Crippen LogP) is 6.05. The van der Waals surface area contributed by atoms with Gasteiger partial charge in [0.15, 0.2) is 0 Å². The Morgan fingerprint density at radius 3 is 2.49 bits per heavy atom. The summed E-state index contributed by atoms with van der Waals surface area (Å²) in [4.78, 5) is 31.5. The van der Waals surface area contributed by atoms with E-state index in [1.807, 2.05) is 0 Å². The predicted molar refractivity (Wildman–Crippen MR) is 183 cm³/mol. The molecule has 1 amide bonds. The fourth-order valence-corrected chi connectivity index (χ4v) is 11.3. The zero-order chi connectivity index (χ0) is 33.9. The molecule has 1 heterocycles. The van der Waals surface area contributed by atoms with Crippen LogP contribution >= 0.6 is 0 Å². The minimum atomic E-state index is -0.841. The van der Waals surface area contributed by atoms with Crippen molar-refractivity contribution >= 4 is 11.9 Å². The van der Waals surface area contributed by atoms with Gasteiger partial charge in [0.05, 0.1) is 19.1 Å². The first kappa shape index (κ1) is 36.6. The van der Waals surface area contributed by atoms with Crippen molar-refractivity contribution in [3.05, 3.63) is 0 Å². The Bertz CT molecular complexity index is 1150. The highest BCUT2D eigenvalue weighted by Crippen LogP contribution is 2.64. The molecule has 266 valence electrons. The second kappa shape index (κ2) is 15.5. The summed E-state index contributed by atoms with van der Waals surface area (Å²) in [7, 11) is 0. The molecule has 0 aromatic heterocycles. The molecule has 0 spiro atoms. The lowest BCUT2D eigenvalue weighted by molar-refractivity contribution is -0.194. The van der Waals surface area contributed by atoms with Crippen molar-refractivity contribution in [1.82, 2.24) is 10.4 Å². The van der Waals surface area contributed by atoms with Gasteiger partial charge in [-0.15, -0.1) is 5.92 Å². The molecule has 5 unspecified atom stereocenters. The molecule has 1 saturated heterocycles. The standard InChI is InChI=1S/C39H64N2O6/c1-25(2)28-15-17-32-29(21-28)16-18-33-38(4,19-10-20-39(32,33)5)24-40-37(46)35-31(23-42)36(26(3)43)47-41(35)22-30-13-7-6-11-27(30)12-8-9-14-34(44)45/h25-33,35-36,42-43H,6-7,9-11,13-24H2,1-5H3,(H,40,46)(H,44,45)/t26-,27?,28?,29?,30?,31-,32?,33+,35-,36-,38+,39-/m1/s1. The number of carbonyl (C=O) groups excluding carboxylic acids is 1. The van der Waals surface area contributed by atoms with Gasteiger partial charge in [0.25, 0.3) is 0 Å². The number of carbonyl (C=O) groups is 2. The number of carboxylic acids is 1. The summed E-state index contributed by atoms with van der Waals surface area (Å²) in [5.41, 5.74) is 0.336. The topological polar surface area (TPSA) is 119 Å². The molecule has 8 heteroatoms. The monoisotopic (exact) mass is 656 g/mol. The van der Waals surface area contributed by atoms with Crippen LogP contribution in [-0.2, 0) is 14.4 Å². The van der Waals surface area contributed by atoms with Crippen LogP contribution in [0.15, 0.2) is 0 Å². The molecule has 4 aliphatic carbocycles. The third-order valence-electron chi connectivity index (χ3n) is 13.8. The van der Waals surface area contributed by atoms with Gasteiger partial charge < -0.3 is 20.6 Å². The fraction of sp³-hybridized carbons (Fsp3) is 0.897. The van der Waals surface area contributed by atoms with E-state index in [1.165, 1.54) is 44.9 Å². The van der Waals surface area contributed by atoms with E-state index in [0.29, 0.717) is 30.8 Å². The van der Waals surface area contributed by atoms with Gasteiger partial charge in [0.1, 0.15) is 12.1 Å². The molecule has 47 heavy (non-hydrogen) atoms. The molecule has 12 atom stereocenters. The third kappa shape index (κ3) is 7.89. The molecule has 4 saturated carbocycles. The van der Waals surface area contributed by atoms with Crippen molar-refractivity contribution in [2.24, 2.45) is 58.2 Å². The molecular weight excluding hydrogens is 592 g/mol. The highest BCUT2D eigenvalue weighted by atomic mass is 16.7. The quantitative estimate of drug-likeness (QED) is 0.212. The first-order chi connectivity index (χ1) is 22.4. The fourth-order valence-electron chi connectivity index (χ4n) is 11.3. The molecule has 0 aromatic rings. The van der Waals surface area contributed by atoms with Crippen LogP contribution in [0.4, 0.5) is 0 Å². The number of hydrogen-bond acceptors (Lipinski definition) is 6. The zero-order valence-electron chi connectivity index (χ0n) is 29.9. The lowest BCUT2D eigenvalue weighted by Crippen LogP contribution is -2.57. The Morgan fingerprint density at radius 1 is 1.02 bits per heavy atom. The number of aliphatic carboxylic acids is 1. The zero-order valence-corrected chi connectivity index (χ0v) is 29.9. The summed E-state index contributed by atoms with van der Waals surface area (Å²) < 4.78 is 0. The van der Waals surface area contributed by atoms with Gasteiger partial charge in [-0.1, -0.05) is 52.9 Å². The van der Waals surface area contributed by atoms with E-state index >= 15 is 0 Å². The van der Waals surface area contributed by atoms with Crippen molar-refractivity contribution in [2.75, 3.05) is 19.7 Å². The van der Waals surface area contributed by atoms with Gasteiger partial charge in [-0.25, -0.2) is 0 Å². The summed E-state index contributed by atoms with van der Waals surface area (Å²) in [6.45, 7) is 12.3. The van der Waals surface area contributed by atoms with E-state index in [4.69, 9.17) is 9.94 Å². The Hall–Kier alpha value is -1.66. The van der Waals surface area contributed by atoms with Crippen LogP contribution in [0.3, 0.4) is 0 Å². The number of fused-ring (bicyclic) bond motifs is 3. The minimum absolute atomic E-state index is 0.0191. The van der Waals surface area contributed by atoms with Crippen molar-refractivity contribution in [1.29, 1.82) is 0 Å². The highest BCUT2D eigenvalue weighted by Gasteiger charge is 2.57. The Morgan fingerprint density at radius 2 is 1.79 bits per heavy atom. The minimum Gasteiger partial charge on any atom is -0.481 e. The molecule has 1 aliphatic heterocycles. The molecule has 0 aromatic carbocycles. The first-order valence-electron chi connectivity index (χ1n) is 19.1. The van der Waals surface area contributed by atoms with Gasteiger partial charge in [0.2, 0.25) is 5.91 Å². The lowest BCUT2D eigenvalue weighted by Gasteiger charge is -2.62. The molecule has 5 fully saturated rings. The number of nitrogens with zero attached hydrogens (tertiary/aromatic N) is 1. The van der Waals surface area contributed by atoms with Gasteiger partial charge >= 0.3 is 5.97 Å². The van der Waals surface area contributed by atoms with E-state index in [1.54, 1.807) is 12.0 Å². The van der Waals surface area contributed by atoms with Crippen molar-refractivity contribution in [3.63, 3.8) is 0 Å². The number of aliphatic hydroxyl groups excluding tert-OH is 2. The van der Waals surface area contributed by atoms with Crippen LogP contribution in [-0.4, -0.2) is 70.2 Å². The maximum Gasteiger partial charge on any atom is 0.304 e. The normalized spacial score (nSPS) is 41.3. The van der Waals surface area contributed by atoms with Crippen LogP contribution in [0.25, 0.3) is 0 Å². The summed E-state index contributed by atoms with van der Waals surface area (Å²) in [6.07, 6.45) is 13.2. The van der Waals surface area contributed by atoms with Crippen LogP contribution < -0.4 is 5.32 Å². The number of aliphatic hydroxyl groups is 2. The van der Waals surface area contributed by atoms with Crippen LogP contribution in [0, 0.1) is 70.0 Å². The van der Waals surface area contributed by atoms with E-state index < -0.39 is 30.1 Å². The third-order valence-corrected chi connectivity index (χ3v) is 13.8. The van der Waals surface area contributed by atoms with Gasteiger partial charge in [-0.3, -0.25) is 14.4 Å². The summed E-state index contributed by atoms with van der Waals surface area (Å²) >= 11 is 0. The molecule has 5 rings (SSSR count). The second-order valence-electron chi connectivity index (χ2n) is 17.1. The summed E-state index contributed by atoms with van der Waals surface area (Å²) in [5.74, 6) is 9.04. The smallest absolute Gasteiger partial charge is 0.304 e. The molecular formula is C39H64N2O6. The molecule has 0 bridgehead atoms. The van der Waals surface area contributed by atoms with Crippen molar-refractivity contribution in [2.45, 2.75) is 143 Å². The van der Waals surface area contributed by atoms with Gasteiger partial charge in [-0.05, 0) is 111 Å². The Labute approximate surface area is 284 Å². The second-order valence-corrected chi connectivity index (χ2v) is 17.1.